The van der Waals surface area contributed by atoms with Crippen LogP contribution in [0, 0.1) is 18.7 Å². The van der Waals surface area contributed by atoms with Gasteiger partial charge in [0.2, 0.25) is 0 Å². The first-order valence-electron chi connectivity index (χ1n) is 10.2. The molecule has 30 heavy (non-hydrogen) atoms. The van der Waals surface area contributed by atoms with Gasteiger partial charge in [-0.15, -0.1) is 11.8 Å². The van der Waals surface area contributed by atoms with Gasteiger partial charge in [-0.1, -0.05) is 54.6 Å². The van der Waals surface area contributed by atoms with Gasteiger partial charge < -0.3 is 5.32 Å². The Morgan fingerprint density at radius 1 is 0.967 bits per heavy atom. The highest BCUT2D eigenvalue weighted by molar-refractivity contribution is 7.99. The summed E-state index contributed by atoms with van der Waals surface area (Å²) < 4.78 is 13.4. The molecule has 3 atom stereocenters. The molecule has 0 fully saturated rings. The predicted octanol–water partition coefficient (Wildman–Crippen LogP) is 6.65. The fraction of sp³-hybridized carbons (Fsp3) is 0.192. The van der Waals surface area contributed by atoms with Crippen LogP contribution >= 0.6 is 11.8 Å². The van der Waals surface area contributed by atoms with E-state index in [0.717, 1.165) is 21.8 Å². The molecule has 0 amide bonds. The monoisotopic (exact) mass is 415 g/mol. The summed E-state index contributed by atoms with van der Waals surface area (Å²) in [5.74, 6) is -0.323. The second kappa shape index (κ2) is 7.77. The van der Waals surface area contributed by atoms with E-state index < -0.39 is 0 Å². The molecule has 3 aromatic carbocycles. The highest BCUT2D eigenvalue weighted by Gasteiger charge is 2.40. The Morgan fingerprint density at radius 3 is 2.50 bits per heavy atom. The second-order valence-electron chi connectivity index (χ2n) is 7.94. The van der Waals surface area contributed by atoms with Crippen LogP contribution in [0.2, 0.25) is 0 Å². The van der Waals surface area contributed by atoms with E-state index in [0.29, 0.717) is 6.42 Å². The number of carbonyl (C=O) groups excluding carboxylic acids is 1. The van der Waals surface area contributed by atoms with Crippen molar-refractivity contribution in [3.63, 3.8) is 0 Å². The maximum absolute atomic E-state index is 13.5. The Labute approximate surface area is 180 Å². The number of fused-ring (bicyclic) bond motifs is 2. The molecule has 2 nitrogen and oxygen atoms in total. The van der Waals surface area contributed by atoms with Crippen LogP contribution in [0.4, 0.5) is 10.1 Å². The van der Waals surface area contributed by atoms with E-state index in [1.807, 2.05) is 24.3 Å². The topological polar surface area (TPSA) is 29.1 Å². The fourth-order valence-electron chi connectivity index (χ4n) is 4.45. The standard InChI is InChI=1S/C26H22FNOS/c1-16-6-2-3-7-20(16)26-25-22(28-21-8-4-5-9-24(21)30-26)14-18(15-23(25)29)17-10-12-19(27)13-11-17/h2-14,18,25-26,28H,15H2,1H3/t18-,25-,26-/m0/s1. The lowest BCUT2D eigenvalue weighted by Crippen LogP contribution is -2.30. The molecule has 0 aromatic heterocycles. The summed E-state index contributed by atoms with van der Waals surface area (Å²) in [4.78, 5) is 14.7. The van der Waals surface area contributed by atoms with Crippen molar-refractivity contribution in [2.24, 2.45) is 5.92 Å². The van der Waals surface area contributed by atoms with Gasteiger partial charge in [0.15, 0.2) is 0 Å². The number of nitrogens with one attached hydrogen (secondary N) is 1. The van der Waals surface area contributed by atoms with Crippen molar-refractivity contribution in [3.8, 4) is 0 Å². The minimum Gasteiger partial charge on any atom is -0.358 e. The van der Waals surface area contributed by atoms with Crippen LogP contribution in [-0.2, 0) is 4.79 Å². The minimum atomic E-state index is -0.260. The number of hydrogen-bond acceptors (Lipinski definition) is 3. The number of halogens is 1. The van der Waals surface area contributed by atoms with E-state index in [4.69, 9.17) is 0 Å². The summed E-state index contributed by atoms with van der Waals surface area (Å²) in [5, 5.41) is 3.58. The fourth-order valence-corrected chi connectivity index (χ4v) is 5.96. The third kappa shape index (κ3) is 3.46. The number of thioether (sulfide) groups is 1. The van der Waals surface area contributed by atoms with Gasteiger partial charge in [-0.2, -0.15) is 0 Å². The number of anilines is 1. The summed E-state index contributed by atoms with van der Waals surface area (Å²) in [6.45, 7) is 2.11. The SMILES string of the molecule is Cc1ccccc1[C@@H]1Sc2ccccc2NC2=C[C@H](c3ccc(F)cc3)CC(=O)[C@H]21. The van der Waals surface area contributed by atoms with Gasteiger partial charge in [0, 0.05) is 28.2 Å². The molecule has 0 unspecified atom stereocenters. The number of hydrogen-bond donors (Lipinski definition) is 1. The van der Waals surface area contributed by atoms with E-state index in [2.05, 4.69) is 42.6 Å². The van der Waals surface area contributed by atoms with Crippen molar-refractivity contribution in [1.82, 2.24) is 0 Å². The molecule has 0 saturated carbocycles. The summed E-state index contributed by atoms with van der Waals surface area (Å²) in [5.41, 5.74) is 5.34. The first-order chi connectivity index (χ1) is 14.6. The molecule has 150 valence electrons. The van der Waals surface area contributed by atoms with Gasteiger partial charge in [0.25, 0.3) is 0 Å². The third-order valence-electron chi connectivity index (χ3n) is 6.00. The number of Topliss-reactive ketones (excluding diaryl/α,β-unsaturated/α-hetero) is 1. The predicted molar refractivity (Wildman–Crippen MR) is 120 cm³/mol. The Kier molecular flexibility index (Phi) is 4.95. The third-order valence-corrected chi connectivity index (χ3v) is 7.39. The molecule has 3 aromatic rings. The lowest BCUT2D eigenvalue weighted by molar-refractivity contribution is -0.122. The number of rotatable bonds is 2. The quantitative estimate of drug-likeness (QED) is 0.508. The molecule has 5 rings (SSSR count). The molecule has 4 heteroatoms. The van der Waals surface area contributed by atoms with Crippen LogP contribution in [-0.4, -0.2) is 5.78 Å². The zero-order valence-corrected chi connectivity index (χ0v) is 17.5. The Hall–Kier alpha value is -2.85. The highest BCUT2D eigenvalue weighted by atomic mass is 32.2. The summed E-state index contributed by atoms with van der Waals surface area (Å²) in [7, 11) is 0. The number of para-hydroxylation sites is 1. The molecule has 1 aliphatic carbocycles. The van der Waals surface area contributed by atoms with E-state index >= 15 is 0 Å². The first kappa shape index (κ1) is 19.1. The van der Waals surface area contributed by atoms with Crippen LogP contribution in [0.25, 0.3) is 0 Å². The number of benzene rings is 3. The van der Waals surface area contributed by atoms with Crippen molar-refractivity contribution in [2.75, 3.05) is 5.32 Å². The van der Waals surface area contributed by atoms with Crippen LogP contribution in [0.1, 0.15) is 34.3 Å². The largest absolute Gasteiger partial charge is 0.358 e. The number of ketones is 1. The van der Waals surface area contributed by atoms with Gasteiger partial charge in [0.1, 0.15) is 11.6 Å². The number of carbonyl (C=O) groups is 1. The van der Waals surface area contributed by atoms with Crippen molar-refractivity contribution >= 4 is 23.2 Å². The van der Waals surface area contributed by atoms with Crippen molar-refractivity contribution in [3.05, 3.63) is 107 Å². The zero-order chi connectivity index (χ0) is 20.7. The molecule has 2 aliphatic rings. The molecule has 1 N–H and O–H groups in total. The van der Waals surface area contributed by atoms with E-state index in [-0.39, 0.29) is 28.7 Å². The number of allylic oxidation sites excluding steroid dienone is 2. The van der Waals surface area contributed by atoms with E-state index in [1.54, 1.807) is 23.9 Å². The van der Waals surface area contributed by atoms with Crippen LogP contribution < -0.4 is 5.32 Å². The second-order valence-corrected chi connectivity index (χ2v) is 9.13. The maximum Gasteiger partial charge on any atom is 0.144 e. The average Bonchev–Trinajstić information content (AvgIpc) is 2.91. The summed E-state index contributed by atoms with van der Waals surface area (Å²) in [6.07, 6.45) is 2.61. The Bertz CT molecular complexity index is 1140. The molecule has 0 saturated heterocycles. The Balaban J connectivity index is 1.63. The van der Waals surface area contributed by atoms with Gasteiger partial charge >= 0.3 is 0 Å². The molecular formula is C26H22FNOS. The normalized spacial score (nSPS) is 22.9. The lowest BCUT2D eigenvalue weighted by atomic mass is 9.78. The summed E-state index contributed by atoms with van der Waals surface area (Å²) in [6, 6.07) is 23.0. The zero-order valence-electron chi connectivity index (χ0n) is 16.6. The average molecular weight is 416 g/mol. The van der Waals surface area contributed by atoms with Crippen LogP contribution in [0.5, 0.6) is 0 Å². The number of aryl methyl sites for hydroxylation is 1. The van der Waals surface area contributed by atoms with Crippen LogP contribution in [0.3, 0.4) is 0 Å². The van der Waals surface area contributed by atoms with Gasteiger partial charge in [-0.3, -0.25) is 4.79 Å². The van der Waals surface area contributed by atoms with E-state index in [9.17, 15) is 9.18 Å². The van der Waals surface area contributed by atoms with E-state index in [1.165, 1.54) is 23.3 Å². The van der Waals surface area contributed by atoms with Crippen molar-refractivity contribution in [1.29, 1.82) is 0 Å². The van der Waals surface area contributed by atoms with Gasteiger partial charge in [-0.05, 0) is 47.9 Å². The van der Waals surface area contributed by atoms with Gasteiger partial charge in [0.05, 0.1) is 11.6 Å². The smallest absolute Gasteiger partial charge is 0.144 e. The molecule has 0 bridgehead atoms. The van der Waals surface area contributed by atoms with Crippen molar-refractivity contribution in [2.45, 2.75) is 29.4 Å². The van der Waals surface area contributed by atoms with Crippen molar-refractivity contribution < 1.29 is 9.18 Å². The highest BCUT2D eigenvalue weighted by Crippen LogP contribution is 2.52. The molecular weight excluding hydrogens is 393 g/mol. The van der Waals surface area contributed by atoms with Gasteiger partial charge in [-0.25, -0.2) is 4.39 Å². The van der Waals surface area contributed by atoms with Crippen LogP contribution in [0.15, 0.2) is 89.5 Å². The maximum atomic E-state index is 13.5. The molecule has 1 aliphatic heterocycles. The minimum absolute atomic E-state index is 0.00951. The molecule has 1 heterocycles. The lowest BCUT2D eigenvalue weighted by Gasteiger charge is -2.32. The Morgan fingerprint density at radius 2 is 1.70 bits per heavy atom. The molecule has 0 radical (unpaired) electrons. The first-order valence-corrected chi connectivity index (χ1v) is 11.1. The molecule has 0 spiro atoms. The summed E-state index contributed by atoms with van der Waals surface area (Å²) >= 11 is 1.76.